The van der Waals surface area contributed by atoms with E-state index in [0.29, 0.717) is 26.3 Å². The van der Waals surface area contributed by atoms with Crippen LogP contribution in [0.1, 0.15) is 12.8 Å². The number of carbonyl (C=O) groups is 2. The highest BCUT2D eigenvalue weighted by Gasteiger charge is 2.24. The van der Waals surface area contributed by atoms with Crippen molar-refractivity contribution in [3.05, 3.63) is 0 Å². The van der Waals surface area contributed by atoms with Crippen molar-refractivity contribution in [1.29, 1.82) is 0 Å². The molecular weight excluding hydrogens is 288 g/mol. The van der Waals surface area contributed by atoms with E-state index in [0.717, 1.165) is 0 Å². The largest absolute Gasteiger partial charge is 0.469 e. The van der Waals surface area contributed by atoms with Gasteiger partial charge >= 0.3 is 5.97 Å². The maximum absolute atomic E-state index is 11.9. The van der Waals surface area contributed by atoms with E-state index >= 15 is 0 Å². The quantitative estimate of drug-likeness (QED) is 0.588. The molecule has 0 aromatic carbocycles. The number of morpholine rings is 1. The van der Waals surface area contributed by atoms with Crippen molar-refractivity contribution < 1.29 is 27.5 Å². The summed E-state index contributed by atoms with van der Waals surface area (Å²) in [6, 6.07) is 0. The van der Waals surface area contributed by atoms with Crippen LogP contribution in [0.15, 0.2) is 0 Å². The molecule has 0 aliphatic carbocycles. The predicted octanol–water partition coefficient (Wildman–Crippen LogP) is -1.28. The lowest BCUT2D eigenvalue weighted by Crippen LogP contribution is -2.42. The van der Waals surface area contributed by atoms with Gasteiger partial charge < -0.3 is 14.8 Å². The van der Waals surface area contributed by atoms with Gasteiger partial charge in [0.15, 0.2) is 0 Å². The zero-order valence-corrected chi connectivity index (χ0v) is 12.3. The Morgan fingerprint density at radius 1 is 1.25 bits per heavy atom. The van der Waals surface area contributed by atoms with Crippen LogP contribution in [0.25, 0.3) is 0 Å². The molecule has 9 heteroatoms. The number of ether oxygens (including phenoxy) is 2. The number of methoxy groups -OCH3 is 1. The van der Waals surface area contributed by atoms with Crippen LogP contribution in [0.2, 0.25) is 0 Å². The number of nitrogens with zero attached hydrogens (tertiary/aromatic N) is 1. The lowest BCUT2D eigenvalue weighted by Gasteiger charge is -2.25. The Bertz CT molecular complexity index is 430. The summed E-state index contributed by atoms with van der Waals surface area (Å²) in [5.41, 5.74) is 0. The average Bonchev–Trinajstić information content (AvgIpc) is 2.46. The molecule has 1 N–H and O–H groups in total. The second-order valence-corrected chi connectivity index (χ2v) is 6.34. The van der Waals surface area contributed by atoms with Crippen LogP contribution in [-0.2, 0) is 29.1 Å². The molecule has 20 heavy (non-hydrogen) atoms. The first kappa shape index (κ1) is 16.9. The highest BCUT2D eigenvalue weighted by atomic mass is 32.2. The lowest BCUT2D eigenvalue weighted by atomic mass is 10.4. The van der Waals surface area contributed by atoms with Gasteiger partial charge in [0.05, 0.1) is 32.5 Å². The minimum atomic E-state index is -3.42. The normalized spacial score (nSPS) is 16.6. The molecule has 8 nitrogen and oxygen atoms in total. The average molecular weight is 308 g/mol. The smallest absolute Gasteiger partial charge is 0.307 e. The molecule has 0 atom stereocenters. The summed E-state index contributed by atoms with van der Waals surface area (Å²) in [7, 11) is -2.16. The molecule has 0 saturated carbocycles. The number of carbonyl (C=O) groups excluding carboxylic acids is 2. The molecule has 1 amide bonds. The molecule has 0 aromatic heterocycles. The Balaban J connectivity index is 2.27. The highest BCUT2D eigenvalue weighted by molar-refractivity contribution is 7.89. The summed E-state index contributed by atoms with van der Waals surface area (Å²) in [5.74, 6) is -1.06. The van der Waals surface area contributed by atoms with Crippen molar-refractivity contribution >= 4 is 21.9 Å². The van der Waals surface area contributed by atoms with Gasteiger partial charge in [-0.15, -0.1) is 0 Å². The topological polar surface area (TPSA) is 102 Å². The third kappa shape index (κ3) is 5.85. The first-order valence-corrected chi connectivity index (χ1v) is 7.95. The van der Waals surface area contributed by atoms with E-state index in [-0.39, 0.29) is 25.1 Å². The van der Waals surface area contributed by atoms with E-state index in [1.807, 2.05) is 0 Å². The molecule has 1 fully saturated rings. The summed E-state index contributed by atoms with van der Waals surface area (Å²) in [4.78, 5) is 22.3. The Morgan fingerprint density at radius 2 is 1.90 bits per heavy atom. The molecule has 1 aliphatic rings. The molecule has 1 rings (SSSR count). The van der Waals surface area contributed by atoms with E-state index in [9.17, 15) is 18.0 Å². The second kappa shape index (κ2) is 8.18. The van der Waals surface area contributed by atoms with E-state index in [1.54, 1.807) is 0 Å². The fourth-order valence-electron chi connectivity index (χ4n) is 1.67. The van der Waals surface area contributed by atoms with Gasteiger partial charge in [-0.25, -0.2) is 8.42 Å². The zero-order chi connectivity index (χ0) is 15.0. The molecule has 0 spiro atoms. The van der Waals surface area contributed by atoms with Gasteiger partial charge in [0, 0.05) is 26.1 Å². The van der Waals surface area contributed by atoms with E-state index in [1.165, 1.54) is 11.4 Å². The van der Waals surface area contributed by atoms with Crippen molar-refractivity contribution in [3.63, 3.8) is 0 Å². The van der Waals surface area contributed by atoms with Crippen molar-refractivity contribution in [2.75, 3.05) is 45.7 Å². The van der Waals surface area contributed by atoms with Crippen molar-refractivity contribution in [1.82, 2.24) is 9.62 Å². The first-order valence-electron chi connectivity index (χ1n) is 6.35. The van der Waals surface area contributed by atoms with Crippen molar-refractivity contribution in [2.45, 2.75) is 12.8 Å². The van der Waals surface area contributed by atoms with Crippen LogP contribution >= 0.6 is 0 Å². The molecule has 1 aliphatic heterocycles. The molecule has 0 radical (unpaired) electrons. The van der Waals surface area contributed by atoms with Gasteiger partial charge in [-0.1, -0.05) is 0 Å². The lowest BCUT2D eigenvalue weighted by molar-refractivity contribution is -0.140. The van der Waals surface area contributed by atoms with Crippen LogP contribution in [-0.4, -0.2) is 70.3 Å². The monoisotopic (exact) mass is 308 g/mol. The zero-order valence-electron chi connectivity index (χ0n) is 11.5. The third-order valence-electron chi connectivity index (χ3n) is 2.83. The minimum Gasteiger partial charge on any atom is -0.469 e. The highest BCUT2D eigenvalue weighted by Crippen LogP contribution is 2.06. The maximum atomic E-state index is 11.9. The van der Waals surface area contributed by atoms with Gasteiger partial charge in [0.25, 0.3) is 0 Å². The predicted molar refractivity (Wildman–Crippen MR) is 70.4 cm³/mol. The molecule has 0 aromatic rings. The van der Waals surface area contributed by atoms with Gasteiger partial charge in [-0.05, 0) is 0 Å². The molecular formula is C11H20N2O6S. The minimum absolute atomic E-state index is 0.0679. The molecule has 1 heterocycles. The van der Waals surface area contributed by atoms with Crippen LogP contribution in [0.3, 0.4) is 0 Å². The Morgan fingerprint density at radius 3 is 2.50 bits per heavy atom. The standard InChI is InChI=1S/C11H20N2O6S/c1-18-11(15)2-4-12-10(14)3-9-20(16,17)13-5-7-19-8-6-13/h2-9H2,1H3,(H,12,14). The number of sulfonamides is 1. The first-order chi connectivity index (χ1) is 9.45. The molecule has 1 saturated heterocycles. The second-order valence-electron chi connectivity index (χ2n) is 4.25. The Kier molecular flexibility index (Phi) is 6.89. The van der Waals surface area contributed by atoms with E-state index in [2.05, 4.69) is 10.1 Å². The summed E-state index contributed by atoms with van der Waals surface area (Å²) in [5, 5.41) is 2.48. The van der Waals surface area contributed by atoms with E-state index in [4.69, 9.17) is 4.74 Å². The SMILES string of the molecule is COC(=O)CCNC(=O)CCS(=O)(=O)N1CCOCC1. The summed E-state index contributed by atoms with van der Waals surface area (Å²) in [6.45, 7) is 1.55. The van der Waals surface area contributed by atoms with Crippen molar-refractivity contribution in [2.24, 2.45) is 0 Å². The number of rotatable bonds is 7. The molecule has 0 bridgehead atoms. The number of hydrogen-bond donors (Lipinski definition) is 1. The fraction of sp³-hybridized carbons (Fsp3) is 0.818. The number of hydrogen-bond acceptors (Lipinski definition) is 6. The Hall–Kier alpha value is -1.19. The third-order valence-corrected chi connectivity index (χ3v) is 4.70. The van der Waals surface area contributed by atoms with Crippen LogP contribution in [0.5, 0.6) is 0 Å². The van der Waals surface area contributed by atoms with Gasteiger partial charge in [0.2, 0.25) is 15.9 Å². The van der Waals surface area contributed by atoms with E-state index < -0.39 is 21.9 Å². The molecule has 116 valence electrons. The fourth-order valence-corrected chi connectivity index (χ4v) is 3.08. The van der Waals surface area contributed by atoms with Crippen molar-refractivity contribution in [3.8, 4) is 0 Å². The summed E-state index contributed by atoms with van der Waals surface area (Å²) in [6.07, 6.45) is -0.0562. The van der Waals surface area contributed by atoms with Gasteiger partial charge in [-0.2, -0.15) is 4.31 Å². The number of esters is 1. The maximum Gasteiger partial charge on any atom is 0.307 e. The summed E-state index contributed by atoms with van der Waals surface area (Å²) >= 11 is 0. The summed E-state index contributed by atoms with van der Waals surface area (Å²) < 4.78 is 34.7. The number of amides is 1. The number of nitrogens with one attached hydrogen (secondary N) is 1. The van der Waals surface area contributed by atoms with Crippen LogP contribution in [0, 0.1) is 0 Å². The van der Waals surface area contributed by atoms with Gasteiger partial charge in [0.1, 0.15) is 0 Å². The van der Waals surface area contributed by atoms with Crippen LogP contribution < -0.4 is 5.32 Å². The van der Waals surface area contributed by atoms with Crippen LogP contribution in [0.4, 0.5) is 0 Å². The van der Waals surface area contributed by atoms with Gasteiger partial charge in [-0.3, -0.25) is 9.59 Å². The Labute approximate surface area is 118 Å². The molecule has 0 unspecified atom stereocenters.